The molecular formula is C23H31N3O4. The molecule has 1 amide bonds. The summed E-state index contributed by atoms with van der Waals surface area (Å²) >= 11 is 0. The maximum absolute atomic E-state index is 12.5. The number of rotatable bonds is 9. The van der Waals surface area contributed by atoms with Crippen LogP contribution >= 0.6 is 0 Å². The number of amides is 1. The van der Waals surface area contributed by atoms with Crippen LogP contribution in [-0.2, 0) is 4.79 Å². The summed E-state index contributed by atoms with van der Waals surface area (Å²) in [6, 6.07) is 13.4. The van der Waals surface area contributed by atoms with Crippen molar-refractivity contribution in [2.75, 3.05) is 65.4 Å². The van der Waals surface area contributed by atoms with Crippen LogP contribution in [0.3, 0.4) is 0 Å². The lowest BCUT2D eigenvalue weighted by Crippen LogP contribution is -2.49. The molecule has 2 aromatic carbocycles. The van der Waals surface area contributed by atoms with Crippen LogP contribution in [-0.4, -0.2) is 75.8 Å². The number of hydrogen-bond acceptors (Lipinski definition) is 6. The quantitative estimate of drug-likeness (QED) is 0.682. The van der Waals surface area contributed by atoms with E-state index < -0.39 is 0 Å². The Balaban J connectivity index is 1.37. The number of carbonyl (C=O) groups excluding carboxylic acids is 1. The summed E-state index contributed by atoms with van der Waals surface area (Å²) in [6.07, 6.45) is 0. The molecule has 1 N–H and O–H groups in total. The van der Waals surface area contributed by atoms with Crippen LogP contribution in [0, 0.1) is 6.92 Å². The van der Waals surface area contributed by atoms with Gasteiger partial charge in [0.05, 0.1) is 26.5 Å². The van der Waals surface area contributed by atoms with Crippen molar-refractivity contribution in [1.82, 2.24) is 9.80 Å². The van der Waals surface area contributed by atoms with Gasteiger partial charge < -0.3 is 19.5 Å². The van der Waals surface area contributed by atoms with E-state index in [0.29, 0.717) is 18.9 Å². The molecule has 30 heavy (non-hydrogen) atoms. The van der Waals surface area contributed by atoms with E-state index in [2.05, 4.69) is 15.1 Å². The number of anilines is 1. The third-order valence-corrected chi connectivity index (χ3v) is 5.20. The maximum Gasteiger partial charge on any atom is 0.238 e. The summed E-state index contributed by atoms with van der Waals surface area (Å²) in [5.74, 6) is 2.33. The van der Waals surface area contributed by atoms with E-state index in [0.717, 1.165) is 55.5 Å². The molecule has 0 aromatic heterocycles. The highest BCUT2D eigenvalue weighted by Crippen LogP contribution is 2.25. The molecule has 1 saturated heterocycles. The fourth-order valence-electron chi connectivity index (χ4n) is 3.45. The summed E-state index contributed by atoms with van der Waals surface area (Å²) in [5, 5.41) is 2.97. The van der Waals surface area contributed by atoms with Crippen LogP contribution in [0.15, 0.2) is 42.5 Å². The van der Waals surface area contributed by atoms with Gasteiger partial charge in [0.25, 0.3) is 0 Å². The minimum absolute atomic E-state index is 0.0183. The lowest BCUT2D eigenvalue weighted by Gasteiger charge is -2.34. The Bertz CT molecular complexity index is 818. The lowest BCUT2D eigenvalue weighted by molar-refractivity contribution is -0.117. The molecule has 1 heterocycles. The minimum Gasteiger partial charge on any atom is -0.497 e. The van der Waals surface area contributed by atoms with Crippen LogP contribution in [0.1, 0.15) is 5.56 Å². The molecule has 1 aliphatic heterocycles. The first kappa shape index (κ1) is 21.9. The smallest absolute Gasteiger partial charge is 0.238 e. The Hall–Kier alpha value is -2.77. The Morgan fingerprint density at radius 2 is 1.60 bits per heavy atom. The van der Waals surface area contributed by atoms with Crippen LogP contribution in [0.25, 0.3) is 0 Å². The molecule has 7 nitrogen and oxygen atoms in total. The lowest BCUT2D eigenvalue weighted by atomic mass is 10.2. The predicted octanol–water partition coefficient (Wildman–Crippen LogP) is 2.65. The number of piperazine rings is 1. The van der Waals surface area contributed by atoms with Crippen molar-refractivity contribution in [2.24, 2.45) is 0 Å². The third kappa shape index (κ3) is 6.37. The normalized spacial score (nSPS) is 14.9. The first-order chi connectivity index (χ1) is 14.6. The minimum atomic E-state index is -0.0183. The maximum atomic E-state index is 12.5. The molecule has 162 valence electrons. The Morgan fingerprint density at radius 1 is 0.933 bits per heavy atom. The fraction of sp³-hybridized carbons (Fsp3) is 0.435. The van der Waals surface area contributed by atoms with Crippen molar-refractivity contribution in [2.45, 2.75) is 6.92 Å². The van der Waals surface area contributed by atoms with Crippen LogP contribution < -0.4 is 19.5 Å². The number of benzene rings is 2. The third-order valence-electron chi connectivity index (χ3n) is 5.20. The van der Waals surface area contributed by atoms with E-state index in [1.54, 1.807) is 14.2 Å². The number of hydrogen-bond donors (Lipinski definition) is 1. The van der Waals surface area contributed by atoms with Gasteiger partial charge in [-0.15, -0.1) is 0 Å². The first-order valence-corrected chi connectivity index (χ1v) is 10.2. The van der Waals surface area contributed by atoms with Gasteiger partial charge in [0.15, 0.2) is 0 Å². The molecule has 1 fully saturated rings. The number of aryl methyl sites for hydroxylation is 1. The van der Waals surface area contributed by atoms with E-state index in [1.807, 2.05) is 49.4 Å². The second-order valence-electron chi connectivity index (χ2n) is 7.39. The number of nitrogens with one attached hydrogen (secondary N) is 1. The van der Waals surface area contributed by atoms with E-state index in [-0.39, 0.29) is 5.91 Å². The van der Waals surface area contributed by atoms with Crippen LogP contribution in [0.5, 0.6) is 17.2 Å². The highest BCUT2D eigenvalue weighted by Gasteiger charge is 2.19. The first-order valence-electron chi connectivity index (χ1n) is 10.2. The van der Waals surface area contributed by atoms with Crippen LogP contribution in [0.2, 0.25) is 0 Å². The van der Waals surface area contributed by atoms with Crippen molar-refractivity contribution in [3.63, 3.8) is 0 Å². The molecular weight excluding hydrogens is 382 g/mol. The highest BCUT2D eigenvalue weighted by molar-refractivity contribution is 5.93. The van der Waals surface area contributed by atoms with E-state index in [1.165, 1.54) is 0 Å². The summed E-state index contributed by atoms with van der Waals surface area (Å²) < 4.78 is 16.3. The zero-order chi connectivity index (χ0) is 21.3. The van der Waals surface area contributed by atoms with Gasteiger partial charge in [0.1, 0.15) is 23.9 Å². The van der Waals surface area contributed by atoms with Crippen molar-refractivity contribution in [1.29, 1.82) is 0 Å². The molecule has 0 saturated carbocycles. The SMILES string of the molecule is COc1ccc(OCCN2CCN(CC(=O)Nc3cc(C)ccc3OC)CC2)cc1. The monoisotopic (exact) mass is 413 g/mol. The Morgan fingerprint density at radius 3 is 2.27 bits per heavy atom. The topological polar surface area (TPSA) is 63.3 Å². The summed E-state index contributed by atoms with van der Waals surface area (Å²) in [6.45, 7) is 7.45. The molecule has 2 aromatic rings. The molecule has 0 bridgehead atoms. The molecule has 0 atom stereocenters. The molecule has 0 unspecified atom stereocenters. The number of methoxy groups -OCH3 is 2. The second-order valence-corrected chi connectivity index (χ2v) is 7.39. The molecule has 3 rings (SSSR count). The second kappa shape index (κ2) is 10.8. The van der Waals surface area contributed by atoms with Gasteiger partial charge in [-0.2, -0.15) is 0 Å². The average Bonchev–Trinajstić information content (AvgIpc) is 2.75. The molecule has 1 aliphatic rings. The summed E-state index contributed by atoms with van der Waals surface area (Å²) in [5.41, 5.74) is 1.80. The average molecular weight is 414 g/mol. The van der Waals surface area contributed by atoms with Crippen molar-refractivity contribution < 1.29 is 19.0 Å². The zero-order valence-corrected chi connectivity index (χ0v) is 18.0. The van der Waals surface area contributed by atoms with Gasteiger partial charge in [-0.05, 0) is 48.9 Å². The van der Waals surface area contributed by atoms with E-state index in [4.69, 9.17) is 14.2 Å². The molecule has 0 aliphatic carbocycles. The largest absolute Gasteiger partial charge is 0.497 e. The van der Waals surface area contributed by atoms with Crippen LogP contribution in [0.4, 0.5) is 5.69 Å². The van der Waals surface area contributed by atoms with Gasteiger partial charge >= 0.3 is 0 Å². The van der Waals surface area contributed by atoms with Gasteiger partial charge in [-0.1, -0.05) is 6.07 Å². The van der Waals surface area contributed by atoms with Crippen molar-refractivity contribution >= 4 is 11.6 Å². The van der Waals surface area contributed by atoms with E-state index >= 15 is 0 Å². The predicted molar refractivity (Wildman–Crippen MR) is 118 cm³/mol. The molecule has 7 heteroatoms. The number of carbonyl (C=O) groups is 1. The zero-order valence-electron chi connectivity index (χ0n) is 18.0. The highest BCUT2D eigenvalue weighted by atomic mass is 16.5. The van der Waals surface area contributed by atoms with Gasteiger partial charge in [0.2, 0.25) is 5.91 Å². The van der Waals surface area contributed by atoms with Gasteiger partial charge in [-0.3, -0.25) is 14.6 Å². The van der Waals surface area contributed by atoms with E-state index in [9.17, 15) is 4.79 Å². The summed E-state index contributed by atoms with van der Waals surface area (Å²) in [4.78, 5) is 17.0. The number of ether oxygens (including phenoxy) is 3. The fourth-order valence-corrected chi connectivity index (χ4v) is 3.45. The van der Waals surface area contributed by atoms with Gasteiger partial charge in [0, 0.05) is 32.7 Å². The molecule has 0 spiro atoms. The van der Waals surface area contributed by atoms with Gasteiger partial charge in [-0.25, -0.2) is 0 Å². The Labute approximate surface area is 178 Å². The van der Waals surface area contributed by atoms with Crippen molar-refractivity contribution in [3.05, 3.63) is 48.0 Å². The Kier molecular flexibility index (Phi) is 7.93. The van der Waals surface area contributed by atoms with Crippen molar-refractivity contribution in [3.8, 4) is 17.2 Å². The number of nitrogens with zero attached hydrogens (tertiary/aromatic N) is 2. The molecule has 0 radical (unpaired) electrons. The standard InChI is InChI=1S/C23H31N3O4/c1-18-4-9-22(29-3)21(16-18)24-23(27)17-26-12-10-25(11-13-26)14-15-30-20-7-5-19(28-2)6-8-20/h4-9,16H,10-15,17H2,1-3H3,(H,24,27). The summed E-state index contributed by atoms with van der Waals surface area (Å²) in [7, 11) is 3.26.